The van der Waals surface area contributed by atoms with E-state index in [0.29, 0.717) is 31.7 Å². The van der Waals surface area contributed by atoms with E-state index in [1.54, 1.807) is 33.8 Å². The summed E-state index contributed by atoms with van der Waals surface area (Å²) in [5.41, 5.74) is 3.33. The van der Waals surface area contributed by atoms with Crippen LogP contribution in [-0.4, -0.2) is 59.5 Å². The standard InChI is InChI=1S/C32H50N4O6/c1-10-17-41-24-14-11-13-23(18-24)28(21(4)5)34-30(39)26-15-12-16-36(35-26)31(40)22(6)33-29(38)25(20(2)3)19-27(37)42-32(7,8)9/h10-11,13-14,18,20-22,25-26,28,35H,1,12,15-17,19H2,2-9H3,(H,33,38)(H,34,39)/t22-,25-,26-,28+/m0/s1. The van der Waals surface area contributed by atoms with E-state index >= 15 is 0 Å². The number of esters is 1. The number of hydrogen-bond donors (Lipinski definition) is 3. The molecule has 0 unspecified atom stereocenters. The van der Waals surface area contributed by atoms with Crippen LogP contribution < -0.4 is 20.8 Å². The van der Waals surface area contributed by atoms with Gasteiger partial charge in [-0.25, -0.2) is 5.43 Å². The maximum absolute atomic E-state index is 13.4. The van der Waals surface area contributed by atoms with E-state index in [4.69, 9.17) is 9.47 Å². The zero-order valence-corrected chi connectivity index (χ0v) is 26.5. The molecule has 10 heteroatoms. The first-order chi connectivity index (χ1) is 19.6. The lowest BCUT2D eigenvalue weighted by Crippen LogP contribution is -2.61. The van der Waals surface area contributed by atoms with E-state index in [-0.39, 0.29) is 42.0 Å². The summed E-state index contributed by atoms with van der Waals surface area (Å²) in [6.45, 7) is 19.2. The van der Waals surface area contributed by atoms with Gasteiger partial charge < -0.3 is 20.1 Å². The molecule has 3 N–H and O–H groups in total. The molecule has 1 aromatic carbocycles. The summed E-state index contributed by atoms with van der Waals surface area (Å²) in [7, 11) is 0. The molecule has 0 bridgehead atoms. The second-order valence-corrected chi connectivity index (χ2v) is 12.6. The maximum Gasteiger partial charge on any atom is 0.307 e. The maximum atomic E-state index is 13.4. The third-order valence-corrected chi connectivity index (χ3v) is 7.00. The number of nitrogens with zero attached hydrogens (tertiary/aromatic N) is 1. The Kier molecular flexibility index (Phi) is 13.0. The molecule has 4 atom stereocenters. The van der Waals surface area contributed by atoms with Crippen molar-refractivity contribution >= 4 is 23.7 Å². The van der Waals surface area contributed by atoms with E-state index in [0.717, 1.165) is 5.56 Å². The van der Waals surface area contributed by atoms with Crippen LogP contribution in [0.3, 0.4) is 0 Å². The SMILES string of the molecule is C=CCOc1cccc([C@H](NC(=O)[C@@H]2CCCN(C(=O)[C@H](C)NC(=O)[C@@H](CC(=O)OC(C)(C)C)C(C)C)N2)C(C)C)c1. The summed E-state index contributed by atoms with van der Waals surface area (Å²) < 4.78 is 11.1. The van der Waals surface area contributed by atoms with Gasteiger partial charge >= 0.3 is 5.97 Å². The molecule has 1 heterocycles. The number of benzene rings is 1. The van der Waals surface area contributed by atoms with Gasteiger partial charge in [-0.3, -0.25) is 24.2 Å². The van der Waals surface area contributed by atoms with Gasteiger partial charge in [0, 0.05) is 6.54 Å². The Morgan fingerprint density at radius 3 is 2.38 bits per heavy atom. The molecular weight excluding hydrogens is 536 g/mol. The minimum absolute atomic E-state index is 0.0772. The number of carbonyl (C=O) groups excluding carboxylic acids is 4. The van der Waals surface area contributed by atoms with Crippen LogP contribution in [0.15, 0.2) is 36.9 Å². The van der Waals surface area contributed by atoms with Crippen LogP contribution >= 0.6 is 0 Å². The third kappa shape index (κ3) is 10.8. The summed E-state index contributed by atoms with van der Waals surface area (Å²) in [4.78, 5) is 52.1. The largest absolute Gasteiger partial charge is 0.490 e. The molecule has 1 aliphatic rings. The molecule has 1 aliphatic heterocycles. The quantitative estimate of drug-likeness (QED) is 0.235. The summed E-state index contributed by atoms with van der Waals surface area (Å²) in [6.07, 6.45) is 2.79. The van der Waals surface area contributed by atoms with Crippen LogP contribution in [0.2, 0.25) is 0 Å². The fourth-order valence-corrected chi connectivity index (χ4v) is 4.79. The molecule has 3 amide bonds. The summed E-state index contributed by atoms with van der Waals surface area (Å²) in [5.74, 6) is -1.39. The van der Waals surface area contributed by atoms with Crippen LogP contribution in [0.4, 0.5) is 0 Å². The monoisotopic (exact) mass is 586 g/mol. The Labute approximate surface area is 250 Å². The lowest BCUT2D eigenvalue weighted by molar-refractivity contribution is -0.158. The number of hydrogen-bond acceptors (Lipinski definition) is 7. The molecule has 10 nitrogen and oxygen atoms in total. The van der Waals surface area contributed by atoms with Crippen molar-refractivity contribution in [2.45, 2.75) is 98.4 Å². The average Bonchev–Trinajstić information content (AvgIpc) is 2.91. The van der Waals surface area contributed by atoms with Crippen LogP contribution in [0.25, 0.3) is 0 Å². The molecule has 0 aromatic heterocycles. The van der Waals surface area contributed by atoms with Gasteiger partial charge in [-0.2, -0.15) is 0 Å². The predicted octanol–water partition coefficient (Wildman–Crippen LogP) is 4.07. The van der Waals surface area contributed by atoms with Crippen molar-refractivity contribution in [1.29, 1.82) is 0 Å². The van der Waals surface area contributed by atoms with Crippen LogP contribution in [0, 0.1) is 17.8 Å². The highest BCUT2D eigenvalue weighted by molar-refractivity contribution is 5.90. The molecule has 2 rings (SSSR count). The van der Waals surface area contributed by atoms with Gasteiger partial charge in [0.1, 0.15) is 30.0 Å². The van der Waals surface area contributed by atoms with E-state index in [2.05, 4.69) is 22.6 Å². The molecule has 1 saturated heterocycles. The van der Waals surface area contributed by atoms with E-state index in [1.807, 2.05) is 52.0 Å². The normalized spacial score (nSPS) is 17.7. The van der Waals surface area contributed by atoms with Gasteiger partial charge in [0.2, 0.25) is 11.8 Å². The second kappa shape index (κ2) is 15.7. The van der Waals surface area contributed by atoms with Crippen LogP contribution in [0.1, 0.15) is 86.3 Å². The van der Waals surface area contributed by atoms with Crippen molar-refractivity contribution in [2.24, 2.45) is 17.8 Å². The van der Waals surface area contributed by atoms with Crippen molar-refractivity contribution in [3.05, 3.63) is 42.5 Å². The lowest BCUT2D eigenvalue weighted by atomic mass is 9.91. The van der Waals surface area contributed by atoms with Gasteiger partial charge in [-0.1, -0.05) is 52.5 Å². The Morgan fingerprint density at radius 1 is 1.10 bits per heavy atom. The number of rotatable bonds is 13. The molecule has 0 aliphatic carbocycles. The minimum atomic E-state index is -0.853. The van der Waals surface area contributed by atoms with Gasteiger partial charge in [-0.15, -0.1) is 0 Å². The predicted molar refractivity (Wildman–Crippen MR) is 162 cm³/mol. The fraction of sp³-hybridized carbons (Fsp3) is 0.625. The second-order valence-electron chi connectivity index (χ2n) is 12.6. The van der Waals surface area contributed by atoms with Gasteiger partial charge in [-0.05, 0) is 70.1 Å². The Balaban J connectivity index is 2.03. The number of carbonyl (C=O) groups is 4. The number of amides is 3. The Bertz CT molecular complexity index is 1100. The summed E-state index contributed by atoms with van der Waals surface area (Å²) >= 11 is 0. The molecule has 0 spiro atoms. The van der Waals surface area contributed by atoms with Crippen LogP contribution in [0.5, 0.6) is 5.75 Å². The highest BCUT2D eigenvalue weighted by Crippen LogP contribution is 2.26. The average molecular weight is 587 g/mol. The molecule has 42 heavy (non-hydrogen) atoms. The molecule has 0 saturated carbocycles. The van der Waals surface area contributed by atoms with E-state index in [1.165, 1.54) is 5.01 Å². The first-order valence-electron chi connectivity index (χ1n) is 14.9. The van der Waals surface area contributed by atoms with Crippen molar-refractivity contribution in [3.8, 4) is 5.75 Å². The van der Waals surface area contributed by atoms with Crippen LogP contribution in [-0.2, 0) is 23.9 Å². The number of nitrogens with one attached hydrogen (secondary N) is 3. The van der Waals surface area contributed by atoms with Crippen molar-refractivity contribution in [2.75, 3.05) is 13.2 Å². The summed E-state index contributed by atoms with van der Waals surface area (Å²) in [6, 6.07) is 5.90. The lowest BCUT2D eigenvalue weighted by Gasteiger charge is -2.36. The highest BCUT2D eigenvalue weighted by atomic mass is 16.6. The molecule has 1 fully saturated rings. The molecule has 234 valence electrons. The van der Waals surface area contributed by atoms with Crippen molar-refractivity contribution < 1.29 is 28.7 Å². The van der Waals surface area contributed by atoms with E-state index < -0.39 is 29.6 Å². The molecular formula is C32H50N4O6. The first kappa shape index (κ1) is 34.8. The Morgan fingerprint density at radius 2 is 1.79 bits per heavy atom. The topological polar surface area (TPSA) is 126 Å². The zero-order chi connectivity index (χ0) is 31.6. The van der Waals surface area contributed by atoms with Crippen molar-refractivity contribution in [3.63, 3.8) is 0 Å². The van der Waals surface area contributed by atoms with E-state index in [9.17, 15) is 19.2 Å². The smallest absolute Gasteiger partial charge is 0.307 e. The first-order valence-corrected chi connectivity index (χ1v) is 14.9. The third-order valence-electron chi connectivity index (χ3n) is 7.00. The molecule has 1 aromatic rings. The van der Waals surface area contributed by atoms with Gasteiger partial charge in [0.05, 0.1) is 18.4 Å². The minimum Gasteiger partial charge on any atom is -0.490 e. The van der Waals surface area contributed by atoms with Crippen molar-refractivity contribution in [1.82, 2.24) is 21.1 Å². The summed E-state index contributed by atoms with van der Waals surface area (Å²) in [5, 5.41) is 7.31. The number of hydrazine groups is 1. The van der Waals surface area contributed by atoms with Gasteiger partial charge in [0.15, 0.2) is 0 Å². The highest BCUT2D eigenvalue weighted by Gasteiger charge is 2.34. The number of ether oxygens (including phenoxy) is 2. The zero-order valence-electron chi connectivity index (χ0n) is 26.5. The molecule has 0 radical (unpaired) electrons. The fourth-order valence-electron chi connectivity index (χ4n) is 4.79. The van der Waals surface area contributed by atoms with Gasteiger partial charge in [0.25, 0.3) is 5.91 Å². The Hall–Kier alpha value is -3.40.